The summed E-state index contributed by atoms with van der Waals surface area (Å²) in [7, 11) is 0. The summed E-state index contributed by atoms with van der Waals surface area (Å²) in [4.78, 5) is 0. The number of halogens is 4. The molecule has 1 aromatic heterocycles. The zero-order chi connectivity index (χ0) is 14.2. The van der Waals surface area contributed by atoms with Crippen molar-refractivity contribution in [1.82, 2.24) is 9.78 Å². The Bertz CT molecular complexity index is 587. The fraction of sp³-hybridized carbons (Fsp3) is 0.250. The molecule has 102 valence electrons. The van der Waals surface area contributed by atoms with Crippen LogP contribution in [-0.2, 0) is 6.18 Å². The van der Waals surface area contributed by atoms with Crippen LogP contribution in [0, 0.1) is 5.82 Å². The smallest absolute Gasteiger partial charge is 0.324 e. The summed E-state index contributed by atoms with van der Waals surface area (Å²) in [5.74, 6) is -0.674. The first-order chi connectivity index (χ1) is 8.80. The molecule has 2 aromatic rings. The Hall–Kier alpha value is -1.89. The molecule has 0 aliphatic heterocycles. The van der Waals surface area contributed by atoms with Gasteiger partial charge in [0, 0.05) is 12.2 Å². The van der Waals surface area contributed by atoms with Gasteiger partial charge in [0.1, 0.15) is 11.5 Å². The summed E-state index contributed by atoms with van der Waals surface area (Å²) in [6.45, 7) is 1.62. The van der Waals surface area contributed by atoms with Crippen LogP contribution in [0.25, 0.3) is 5.69 Å². The summed E-state index contributed by atoms with van der Waals surface area (Å²) >= 11 is 0. The molecule has 7 heteroatoms. The van der Waals surface area contributed by atoms with Crippen molar-refractivity contribution in [2.75, 3.05) is 0 Å². The Kier molecular flexibility index (Phi) is 3.32. The third-order valence-electron chi connectivity index (χ3n) is 2.62. The molecule has 0 spiro atoms. The first-order valence-electron chi connectivity index (χ1n) is 5.48. The van der Waals surface area contributed by atoms with Gasteiger partial charge in [-0.1, -0.05) is 12.1 Å². The fourth-order valence-electron chi connectivity index (χ4n) is 1.74. The Morgan fingerprint density at radius 1 is 1.26 bits per heavy atom. The van der Waals surface area contributed by atoms with Gasteiger partial charge < -0.3 is 5.73 Å². The van der Waals surface area contributed by atoms with Crippen LogP contribution in [0.5, 0.6) is 0 Å². The highest BCUT2D eigenvalue weighted by molar-refractivity contribution is 5.43. The average Bonchev–Trinajstić information content (AvgIpc) is 2.77. The van der Waals surface area contributed by atoms with Crippen molar-refractivity contribution in [3.8, 4) is 5.69 Å². The number of alkyl halides is 3. The lowest BCUT2D eigenvalue weighted by molar-refractivity contribution is -0.141. The minimum Gasteiger partial charge on any atom is -0.324 e. The van der Waals surface area contributed by atoms with Crippen molar-refractivity contribution >= 4 is 0 Å². The average molecular weight is 273 g/mol. The number of hydrogen-bond donors (Lipinski definition) is 1. The molecule has 1 heterocycles. The Morgan fingerprint density at radius 2 is 1.95 bits per heavy atom. The number of nitrogens with two attached hydrogens (primary N) is 1. The zero-order valence-electron chi connectivity index (χ0n) is 9.95. The van der Waals surface area contributed by atoms with E-state index in [1.54, 1.807) is 13.0 Å². The van der Waals surface area contributed by atoms with E-state index in [9.17, 15) is 17.6 Å². The van der Waals surface area contributed by atoms with Gasteiger partial charge in [-0.3, -0.25) is 0 Å². The van der Waals surface area contributed by atoms with Gasteiger partial charge in [0.2, 0.25) is 0 Å². The SMILES string of the molecule is C[C@H](N)c1cccc(F)c1-n1ccc(C(F)(F)F)n1. The van der Waals surface area contributed by atoms with Crippen LogP contribution in [0.1, 0.15) is 24.2 Å². The number of para-hydroxylation sites is 1. The van der Waals surface area contributed by atoms with Crippen LogP contribution in [-0.4, -0.2) is 9.78 Å². The highest BCUT2D eigenvalue weighted by Gasteiger charge is 2.34. The van der Waals surface area contributed by atoms with Gasteiger partial charge in [-0.15, -0.1) is 0 Å². The summed E-state index contributed by atoms with van der Waals surface area (Å²) in [5.41, 5.74) is 4.93. The van der Waals surface area contributed by atoms with Gasteiger partial charge in [-0.05, 0) is 24.6 Å². The van der Waals surface area contributed by atoms with E-state index >= 15 is 0 Å². The molecule has 0 aliphatic carbocycles. The first-order valence-corrected chi connectivity index (χ1v) is 5.48. The van der Waals surface area contributed by atoms with Crippen molar-refractivity contribution in [2.45, 2.75) is 19.1 Å². The minimum absolute atomic E-state index is 0.0620. The van der Waals surface area contributed by atoms with E-state index in [1.165, 1.54) is 6.07 Å². The van der Waals surface area contributed by atoms with E-state index in [-0.39, 0.29) is 5.69 Å². The highest BCUT2D eigenvalue weighted by atomic mass is 19.4. The molecule has 0 bridgehead atoms. The van der Waals surface area contributed by atoms with E-state index in [0.717, 1.165) is 23.0 Å². The zero-order valence-corrected chi connectivity index (χ0v) is 9.95. The van der Waals surface area contributed by atoms with E-state index in [1.807, 2.05) is 0 Å². The largest absolute Gasteiger partial charge is 0.435 e. The monoisotopic (exact) mass is 273 g/mol. The molecule has 19 heavy (non-hydrogen) atoms. The van der Waals surface area contributed by atoms with Crippen molar-refractivity contribution in [3.63, 3.8) is 0 Å². The predicted molar refractivity (Wildman–Crippen MR) is 61.1 cm³/mol. The standard InChI is InChI=1S/C12H11F4N3/c1-7(17)8-3-2-4-9(13)11(8)19-6-5-10(18-19)12(14,15)16/h2-7H,17H2,1H3/t7-/m0/s1. The van der Waals surface area contributed by atoms with Gasteiger partial charge in [-0.25, -0.2) is 9.07 Å². The third-order valence-corrected chi connectivity index (χ3v) is 2.62. The lowest BCUT2D eigenvalue weighted by Crippen LogP contribution is -2.13. The second-order valence-electron chi connectivity index (χ2n) is 4.11. The lowest BCUT2D eigenvalue weighted by atomic mass is 10.1. The molecule has 0 unspecified atom stereocenters. The summed E-state index contributed by atoms with van der Waals surface area (Å²) in [6.07, 6.45) is -3.50. The van der Waals surface area contributed by atoms with Crippen LogP contribution in [0.2, 0.25) is 0 Å². The number of nitrogens with zero attached hydrogens (tertiary/aromatic N) is 2. The van der Waals surface area contributed by atoms with Gasteiger partial charge in [0.05, 0.1) is 0 Å². The van der Waals surface area contributed by atoms with E-state index in [0.29, 0.717) is 5.56 Å². The molecule has 0 aliphatic rings. The summed E-state index contributed by atoms with van der Waals surface area (Å²) in [5, 5.41) is 3.35. The number of rotatable bonds is 2. The predicted octanol–water partition coefficient (Wildman–Crippen LogP) is 3.05. The molecule has 0 amide bonds. The van der Waals surface area contributed by atoms with Gasteiger partial charge in [-0.2, -0.15) is 18.3 Å². The van der Waals surface area contributed by atoms with Crippen molar-refractivity contribution in [1.29, 1.82) is 0 Å². The molecule has 0 radical (unpaired) electrons. The van der Waals surface area contributed by atoms with Crippen LogP contribution in [0.15, 0.2) is 30.5 Å². The van der Waals surface area contributed by atoms with Gasteiger partial charge >= 0.3 is 6.18 Å². The highest BCUT2D eigenvalue weighted by Crippen LogP contribution is 2.29. The van der Waals surface area contributed by atoms with Gasteiger partial charge in [0.15, 0.2) is 5.69 Å². The molecule has 1 aromatic carbocycles. The molecule has 0 fully saturated rings. The number of benzene rings is 1. The summed E-state index contributed by atoms with van der Waals surface area (Å²) in [6, 6.07) is 4.42. The molecule has 0 saturated heterocycles. The Balaban J connectivity index is 2.56. The van der Waals surface area contributed by atoms with Crippen molar-refractivity contribution < 1.29 is 17.6 Å². The maximum atomic E-state index is 13.8. The van der Waals surface area contributed by atoms with E-state index in [4.69, 9.17) is 5.73 Å². The van der Waals surface area contributed by atoms with Crippen molar-refractivity contribution in [2.24, 2.45) is 5.73 Å². The third kappa shape index (κ3) is 2.60. The fourth-order valence-corrected chi connectivity index (χ4v) is 1.74. The summed E-state index contributed by atoms with van der Waals surface area (Å²) < 4.78 is 52.1. The molecule has 2 N–H and O–H groups in total. The van der Waals surface area contributed by atoms with Gasteiger partial charge in [0.25, 0.3) is 0 Å². The molecule has 1 atom stereocenters. The first kappa shape index (κ1) is 13.5. The lowest BCUT2D eigenvalue weighted by Gasteiger charge is -2.13. The topological polar surface area (TPSA) is 43.8 Å². The molecular formula is C12H11F4N3. The Labute approximate surface area is 106 Å². The van der Waals surface area contributed by atoms with E-state index in [2.05, 4.69) is 5.10 Å². The molecular weight excluding hydrogens is 262 g/mol. The second kappa shape index (κ2) is 4.65. The maximum Gasteiger partial charge on any atom is 0.435 e. The maximum absolute atomic E-state index is 13.8. The van der Waals surface area contributed by atoms with Crippen LogP contribution >= 0.6 is 0 Å². The molecule has 2 rings (SSSR count). The number of aromatic nitrogens is 2. The van der Waals surface area contributed by atoms with Crippen LogP contribution in [0.3, 0.4) is 0 Å². The quantitative estimate of drug-likeness (QED) is 0.855. The molecule has 3 nitrogen and oxygen atoms in total. The number of hydrogen-bond acceptors (Lipinski definition) is 2. The van der Waals surface area contributed by atoms with Crippen LogP contribution in [0.4, 0.5) is 17.6 Å². The Morgan fingerprint density at radius 3 is 2.47 bits per heavy atom. The van der Waals surface area contributed by atoms with E-state index < -0.39 is 23.7 Å². The second-order valence-corrected chi connectivity index (χ2v) is 4.11. The minimum atomic E-state index is -4.56. The van der Waals surface area contributed by atoms with Crippen LogP contribution < -0.4 is 5.73 Å². The van der Waals surface area contributed by atoms with Crippen molar-refractivity contribution in [3.05, 3.63) is 47.5 Å². The molecule has 0 saturated carbocycles. The normalized spacial score (nSPS) is 13.6.